The number of benzene rings is 6. The highest BCUT2D eigenvalue weighted by molar-refractivity contribution is 7.93. The SMILES string of the molecule is COc1ccc(-c2sc(N)nc2C)cc1S(=O)(=O)Nc1ccc(O)cc1.COc1ccc(-c2sc(NC(=O)C3(O)CCCC3)nc2C)cc1S(=O)(=O)Nc1ccc(O)cc1.COc1ccc(-c2sc(NC(=O)C3CCCC3)nc2C)cc1S(=O)(=O)Nc1ccc(O)cc1. The molecular formula is C63H67N9O15S6. The Balaban J connectivity index is 0.000000166. The van der Waals surface area contributed by atoms with Crippen LogP contribution in [-0.4, -0.2) is 99.4 Å². The van der Waals surface area contributed by atoms with Gasteiger partial charge in [0.25, 0.3) is 36.0 Å². The van der Waals surface area contributed by atoms with Crippen molar-refractivity contribution in [2.45, 2.75) is 92.4 Å². The standard InChI is InChI=1S/C23H25N3O6S2.C23H25N3O5S2.C17H17N3O4S2/c1-14-20(33-22(24-14)25-21(28)23(29)11-3-4-12-23)15-5-10-18(32-2)19(13-15)34(30,31)26-16-6-8-17(27)9-7-16;1-14-21(32-23(24-14)25-22(28)15-5-3-4-6-15)16-7-12-19(31-2)20(13-16)33(29,30)26-17-8-10-18(27)11-9-17;1-10-16(25-17(18)19-10)11-3-8-14(24-2)15(9-11)26(22,23)20-12-4-6-13(21)7-5-12/h5-10,13,26-27,29H,3-4,11-12H2,1-2H3,(H,24,25,28);7-13,15,26-27H,3-6H2,1-2H3,(H,24,25,28);3-9,20-21H,1-2H3,(H2,18,19). The molecule has 11 rings (SSSR count). The summed E-state index contributed by atoms with van der Waals surface area (Å²) < 4.78 is 101. The number of aromatic nitrogens is 3. The van der Waals surface area contributed by atoms with Crippen molar-refractivity contribution in [3.8, 4) is 65.8 Å². The summed E-state index contributed by atoms with van der Waals surface area (Å²) in [6.07, 6.45) is 6.38. The van der Waals surface area contributed by atoms with E-state index in [1.165, 1.54) is 146 Å². The first-order chi connectivity index (χ1) is 44.2. The molecule has 0 bridgehead atoms. The molecule has 0 saturated heterocycles. The van der Waals surface area contributed by atoms with E-state index in [1.807, 2.05) is 13.8 Å². The molecule has 2 amide bonds. The zero-order valence-corrected chi connectivity index (χ0v) is 55.9. The van der Waals surface area contributed by atoms with Gasteiger partial charge in [-0.3, -0.25) is 29.1 Å². The van der Waals surface area contributed by atoms with Gasteiger partial charge in [-0.25, -0.2) is 40.2 Å². The van der Waals surface area contributed by atoms with Crippen LogP contribution in [0.4, 0.5) is 32.5 Å². The molecule has 0 radical (unpaired) electrons. The summed E-state index contributed by atoms with van der Waals surface area (Å²) in [5.41, 5.74) is 9.25. The first-order valence-corrected chi connectivity index (χ1v) is 35.6. The largest absolute Gasteiger partial charge is 0.508 e. The molecule has 9 aromatic rings. The highest BCUT2D eigenvalue weighted by Gasteiger charge is 2.39. The van der Waals surface area contributed by atoms with Crippen LogP contribution in [0.1, 0.15) is 68.4 Å². The zero-order chi connectivity index (χ0) is 67.0. The lowest BCUT2D eigenvalue weighted by Crippen LogP contribution is -2.40. The molecule has 3 heterocycles. The number of aryl methyl sites for hydroxylation is 3. The van der Waals surface area contributed by atoms with E-state index in [1.54, 1.807) is 43.3 Å². The number of ether oxygens (including phenoxy) is 3. The van der Waals surface area contributed by atoms with Crippen molar-refractivity contribution in [3.63, 3.8) is 0 Å². The van der Waals surface area contributed by atoms with Crippen molar-refractivity contribution in [1.29, 1.82) is 0 Å². The number of methoxy groups -OCH3 is 3. The molecule has 93 heavy (non-hydrogen) atoms. The molecule has 0 unspecified atom stereocenters. The number of nitrogens with one attached hydrogen (secondary N) is 5. The number of hydrogen-bond acceptors (Lipinski definition) is 22. The van der Waals surface area contributed by atoms with Gasteiger partial charge in [0, 0.05) is 23.0 Å². The first kappa shape index (κ1) is 68.3. The lowest BCUT2D eigenvalue weighted by Gasteiger charge is -2.19. The predicted octanol–water partition coefficient (Wildman–Crippen LogP) is 11.9. The van der Waals surface area contributed by atoms with Crippen LogP contribution >= 0.6 is 34.0 Å². The van der Waals surface area contributed by atoms with E-state index in [4.69, 9.17) is 19.9 Å². The summed E-state index contributed by atoms with van der Waals surface area (Å²) in [5.74, 6) is 0.226. The number of carbonyl (C=O) groups is 2. The van der Waals surface area contributed by atoms with Crippen LogP contribution in [-0.2, 0) is 39.7 Å². The smallest absolute Gasteiger partial charge is 0.265 e. The summed E-state index contributed by atoms with van der Waals surface area (Å²) >= 11 is 3.80. The van der Waals surface area contributed by atoms with Gasteiger partial charge in [0.1, 0.15) is 54.8 Å². The molecule has 2 fully saturated rings. The molecule has 0 aliphatic heterocycles. The lowest BCUT2D eigenvalue weighted by atomic mass is 10.0. The molecule has 0 atom stereocenters. The maximum absolute atomic E-state index is 13.1. The van der Waals surface area contributed by atoms with Crippen LogP contribution in [0.25, 0.3) is 31.3 Å². The second-order valence-electron chi connectivity index (χ2n) is 21.6. The van der Waals surface area contributed by atoms with Gasteiger partial charge >= 0.3 is 0 Å². The number of phenolic OH excluding ortho intramolecular Hbond substituents is 3. The first-order valence-electron chi connectivity index (χ1n) is 28.7. The Morgan fingerprint density at radius 2 is 0.828 bits per heavy atom. The topological polar surface area (TPSA) is 370 Å². The average molecular weight is 1380 g/mol. The van der Waals surface area contributed by atoms with Crippen molar-refractivity contribution < 1.29 is 69.5 Å². The highest BCUT2D eigenvalue weighted by atomic mass is 32.2. The van der Waals surface area contributed by atoms with Crippen LogP contribution in [0, 0.1) is 26.7 Å². The van der Waals surface area contributed by atoms with E-state index >= 15 is 0 Å². The maximum atomic E-state index is 13.1. The van der Waals surface area contributed by atoms with Gasteiger partial charge in [-0.2, -0.15) is 0 Å². The zero-order valence-electron chi connectivity index (χ0n) is 51.0. The van der Waals surface area contributed by atoms with Crippen molar-refractivity contribution in [2.75, 3.05) is 51.9 Å². The average Bonchev–Trinajstić information content (AvgIpc) is 1.79. The van der Waals surface area contributed by atoms with Gasteiger partial charge in [-0.15, -0.1) is 0 Å². The fourth-order valence-corrected chi connectivity index (χ4v) is 16.7. The molecule has 24 nitrogen and oxygen atoms in total. The molecule has 490 valence electrons. The number of rotatable bonds is 19. The second-order valence-corrected chi connectivity index (χ2v) is 29.5. The minimum absolute atomic E-state index is 0.00283. The molecule has 30 heteroatoms. The van der Waals surface area contributed by atoms with Gasteiger partial charge in [0.05, 0.1) is 53.0 Å². The lowest BCUT2D eigenvalue weighted by molar-refractivity contribution is -0.133. The number of sulfonamides is 3. The maximum Gasteiger partial charge on any atom is 0.265 e. The Bertz CT molecular complexity index is 4530. The van der Waals surface area contributed by atoms with E-state index in [2.05, 4.69) is 39.8 Å². The number of phenols is 3. The van der Waals surface area contributed by atoms with Gasteiger partial charge in [-0.05, 0) is 203 Å². The molecule has 2 aliphatic carbocycles. The van der Waals surface area contributed by atoms with Gasteiger partial charge in [0.15, 0.2) is 15.4 Å². The van der Waals surface area contributed by atoms with Crippen LogP contribution < -0.4 is 44.7 Å². The summed E-state index contributed by atoms with van der Waals surface area (Å²) in [6, 6.07) is 31.7. The van der Waals surface area contributed by atoms with E-state index in [-0.39, 0.29) is 66.7 Å². The van der Waals surface area contributed by atoms with Gasteiger partial charge in [-0.1, -0.05) is 46.9 Å². The fraction of sp³-hybridized carbons (Fsp3) is 0.254. The number of amides is 2. The summed E-state index contributed by atoms with van der Waals surface area (Å²) in [4.78, 5) is 40.2. The fourth-order valence-electron chi connectivity index (χ4n) is 10.2. The number of aliphatic hydroxyl groups is 1. The Kier molecular flexibility index (Phi) is 21.2. The second kappa shape index (κ2) is 28.9. The number of nitrogen functional groups attached to an aromatic ring is 1. The number of hydrogen-bond donors (Lipinski definition) is 10. The Labute approximate surface area is 549 Å². The third-order valence-electron chi connectivity index (χ3n) is 14.9. The van der Waals surface area contributed by atoms with E-state index < -0.39 is 41.6 Å². The van der Waals surface area contributed by atoms with Crippen molar-refractivity contribution in [3.05, 3.63) is 144 Å². The summed E-state index contributed by atoms with van der Waals surface area (Å²) in [5, 5.41) is 45.6. The Hall–Kier alpha value is -9.04. The monoisotopic (exact) mass is 1380 g/mol. The number of nitrogens with two attached hydrogens (primary N) is 1. The third-order valence-corrected chi connectivity index (χ3v) is 22.4. The number of aromatic hydroxyl groups is 3. The minimum atomic E-state index is -4.02. The highest BCUT2D eigenvalue weighted by Crippen LogP contribution is 2.42. The van der Waals surface area contributed by atoms with E-state index in [0.29, 0.717) is 72.6 Å². The normalized spacial score (nSPS) is 13.8. The minimum Gasteiger partial charge on any atom is -0.508 e. The van der Waals surface area contributed by atoms with Crippen molar-refractivity contribution in [2.24, 2.45) is 5.92 Å². The summed E-state index contributed by atoms with van der Waals surface area (Å²) in [7, 11) is -7.71. The Morgan fingerprint density at radius 3 is 1.16 bits per heavy atom. The molecule has 2 saturated carbocycles. The number of anilines is 6. The van der Waals surface area contributed by atoms with Crippen LogP contribution in [0.15, 0.2) is 142 Å². The molecule has 2 aliphatic rings. The van der Waals surface area contributed by atoms with Crippen LogP contribution in [0.5, 0.6) is 34.5 Å². The summed E-state index contributed by atoms with van der Waals surface area (Å²) in [6.45, 7) is 5.40. The quantitative estimate of drug-likeness (QED) is 0.0336. The number of carbonyl (C=O) groups excluding carboxylic acids is 2. The third kappa shape index (κ3) is 16.6. The Morgan fingerprint density at radius 1 is 0.495 bits per heavy atom. The molecule has 6 aromatic carbocycles. The van der Waals surface area contributed by atoms with Crippen molar-refractivity contribution in [1.82, 2.24) is 15.0 Å². The van der Waals surface area contributed by atoms with Crippen LogP contribution in [0.3, 0.4) is 0 Å². The molecular weight excluding hydrogens is 1320 g/mol. The van der Waals surface area contributed by atoms with E-state index in [0.717, 1.165) is 54.0 Å². The van der Waals surface area contributed by atoms with Crippen molar-refractivity contribution >= 4 is 108 Å². The molecule has 11 N–H and O–H groups in total. The van der Waals surface area contributed by atoms with Crippen LogP contribution in [0.2, 0.25) is 0 Å². The number of nitrogens with zero attached hydrogens (tertiary/aromatic N) is 3. The number of thiazole rings is 3. The molecule has 3 aromatic heterocycles. The van der Waals surface area contributed by atoms with E-state index in [9.17, 15) is 55.3 Å². The molecule has 0 spiro atoms. The van der Waals surface area contributed by atoms with Gasteiger partial charge in [0.2, 0.25) is 5.91 Å². The van der Waals surface area contributed by atoms with Gasteiger partial charge < -0.3 is 45.7 Å². The predicted molar refractivity (Wildman–Crippen MR) is 360 cm³/mol.